The Morgan fingerprint density at radius 3 is 2.82 bits per heavy atom. The summed E-state index contributed by atoms with van der Waals surface area (Å²) >= 11 is 0. The number of nitrogens with zero attached hydrogens (tertiary/aromatic N) is 2. The number of ether oxygens (including phenoxy) is 1. The average molecular weight is 239 g/mol. The van der Waals surface area contributed by atoms with E-state index in [2.05, 4.69) is 17.3 Å². The first-order chi connectivity index (χ1) is 8.01. The van der Waals surface area contributed by atoms with E-state index in [1.165, 1.54) is 7.11 Å². The molecule has 0 aliphatic carbocycles. The van der Waals surface area contributed by atoms with E-state index in [0.29, 0.717) is 6.54 Å². The molecule has 1 aromatic rings. The molecule has 1 aromatic heterocycles. The van der Waals surface area contributed by atoms with Gasteiger partial charge in [-0.3, -0.25) is 4.68 Å². The molecule has 1 atom stereocenters. The molecular formula is C12H21N3O2. The monoisotopic (exact) mass is 239 g/mol. The molecule has 1 unspecified atom stereocenters. The molecule has 0 spiro atoms. The Balaban J connectivity index is 2.79. The second-order valence-corrected chi connectivity index (χ2v) is 4.41. The summed E-state index contributed by atoms with van der Waals surface area (Å²) in [4.78, 5) is 11.8. The third-order valence-corrected chi connectivity index (χ3v) is 2.65. The van der Waals surface area contributed by atoms with Crippen molar-refractivity contribution in [2.45, 2.75) is 39.3 Å². The number of hydrogen-bond acceptors (Lipinski definition) is 4. The fraction of sp³-hybridized carbons (Fsp3) is 0.667. The van der Waals surface area contributed by atoms with Crippen molar-refractivity contribution < 1.29 is 9.53 Å². The Bertz CT molecular complexity index is 376. The van der Waals surface area contributed by atoms with E-state index in [9.17, 15) is 4.79 Å². The molecule has 0 bridgehead atoms. The molecule has 0 saturated carbocycles. The highest BCUT2D eigenvalue weighted by atomic mass is 16.5. The molecule has 5 heteroatoms. The minimum absolute atomic E-state index is 0.265. The lowest BCUT2D eigenvalue weighted by molar-refractivity contribution is -0.148. The van der Waals surface area contributed by atoms with E-state index in [1.54, 1.807) is 4.68 Å². The van der Waals surface area contributed by atoms with Gasteiger partial charge in [0.2, 0.25) is 0 Å². The van der Waals surface area contributed by atoms with Crippen LogP contribution in [0, 0.1) is 6.92 Å². The number of aromatic nitrogens is 2. The SMILES string of the molecule is CCCNC(C)(Cn1ccc(C)n1)C(=O)OC. The van der Waals surface area contributed by atoms with Crippen LogP contribution in [0.15, 0.2) is 12.3 Å². The van der Waals surface area contributed by atoms with Gasteiger partial charge in [-0.15, -0.1) is 0 Å². The quantitative estimate of drug-likeness (QED) is 0.756. The molecule has 5 nitrogen and oxygen atoms in total. The molecular weight excluding hydrogens is 218 g/mol. The van der Waals surface area contributed by atoms with Crippen LogP contribution in [-0.4, -0.2) is 34.9 Å². The molecule has 1 heterocycles. The second-order valence-electron chi connectivity index (χ2n) is 4.41. The molecule has 0 amide bonds. The summed E-state index contributed by atoms with van der Waals surface area (Å²) in [5.74, 6) is -0.265. The highest BCUT2D eigenvalue weighted by molar-refractivity contribution is 5.80. The minimum Gasteiger partial charge on any atom is -0.468 e. The molecule has 0 aliphatic rings. The Morgan fingerprint density at radius 1 is 1.65 bits per heavy atom. The summed E-state index contributed by atoms with van der Waals surface area (Å²) in [7, 11) is 1.41. The number of methoxy groups -OCH3 is 1. The number of esters is 1. The van der Waals surface area contributed by atoms with Crippen LogP contribution in [0.3, 0.4) is 0 Å². The maximum absolute atomic E-state index is 11.8. The van der Waals surface area contributed by atoms with Crippen molar-refractivity contribution in [3.8, 4) is 0 Å². The molecule has 0 fully saturated rings. The molecule has 1 rings (SSSR count). The van der Waals surface area contributed by atoms with Crippen molar-refractivity contribution in [2.75, 3.05) is 13.7 Å². The van der Waals surface area contributed by atoms with Gasteiger partial charge >= 0.3 is 5.97 Å². The molecule has 1 N–H and O–H groups in total. The van der Waals surface area contributed by atoms with Crippen LogP contribution in [0.25, 0.3) is 0 Å². The smallest absolute Gasteiger partial charge is 0.327 e. The van der Waals surface area contributed by atoms with E-state index < -0.39 is 5.54 Å². The van der Waals surface area contributed by atoms with Crippen molar-refractivity contribution in [3.05, 3.63) is 18.0 Å². The van der Waals surface area contributed by atoms with Gasteiger partial charge in [-0.05, 0) is 32.9 Å². The number of aryl methyl sites for hydroxylation is 1. The molecule has 0 aromatic carbocycles. The van der Waals surface area contributed by atoms with Gasteiger partial charge in [-0.1, -0.05) is 6.92 Å². The van der Waals surface area contributed by atoms with Crippen molar-refractivity contribution in [2.24, 2.45) is 0 Å². The maximum Gasteiger partial charge on any atom is 0.327 e. The Morgan fingerprint density at radius 2 is 2.35 bits per heavy atom. The Labute approximate surface area is 102 Å². The number of nitrogens with one attached hydrogen (secondary N) is 1. The standard InChI is InChI=1S/C12H21N3O2/c1-5-7-13-12(3,11(16)17-4)9-15-8-6-10(2)14-15/h6,8,13H,5,7,9H2,1-4H3. The van der Waals surface area contributed by atoms with Crippen molar-refractivity contribution in [1.29, 1.82) is 0 Å². The zero-order chi connectivity index (χ0) is 12.9. The first-order valence-corrected chi connectivity index (χ1v) is 5.85. The topological polar surface area (TPSA) is 56.2 Å². The number of rotatable bonds is 6. The van der Waals surface area contributed by atoms with Gasteiger partial charge in [0, 0.05) is 6.20 Å². The van der Waals surface area contributed by atoms with Gasteiger partial charge in [0.15, 0.2) is 0 Å². The van der Waals surface area contributed by atoms with E-state index in [4.69, 9.17) is 4.74 Å². The minimum atomic E-state index is -0.733. The van der Waals surface area contributed by atoms with E-state index in [-0.39, 0.29) is 5.97 Å². The number of hydrogen-bond donors (Lipinski definition) is 1. The van der Waals surface area contributed by atoms with Crippen LogP contribution in [0.5, 0.6) is 0 Å². The predicted octanol–water partition coefficient (Wildman–Crippen LogP) is 1.12. The molecule has 0 saturated heterocycles. The number of carbonyl (C=O) groups excluding carboxylic acids is 1. The summed E-state index contributed by atoms with van der Waals surface area (Å²) in [6.45, 7) is 7.05. The highest BCUT2D eigenvalue weighted by Gasteiger charge is 2.34. The van der Waals surface area contributed by atoms with E-state index in [1.807, 2.05) is 26.1 Å². The summed E-state index contributed by atoms with van der Waals surface area (Å²) < 4.78 is 6.61. The Hall–Kier alpha value is -1.36. The zero-order valence-corrected chi connectivity index (χ0v) is 11.0. The highest BCUT2D eigenvalue weighted by Crippen LogP contribution is 2.10. The normalized spacial score (nSPS) is 14.4. The van der Waals surface area contributed by atoms with Crippen LogP contribution < -0.4 is 5.32 Å². The molecule has 0 radical (unpaired) electrons. The first-order valence-electron chi connectivity index (χ1n) is 5.85. The zero-order valence-electron chi connectivity index (χ0n) is 11.0. The van der Waals surface area contributed by atoms with Crippen molar-refractivity contribution in [1.82, 2.24) is 15.1 Å². The van der Waals surface area contributed by atoms with Gasteiger partial charge < -0.3 is 10.1 Å². The summed E-state index contributed by atoms with van der Waals surface area (Å²) in [6, 6.07) is 1.91. The third kappa shape index (κ3) is 3.56. The van der Waals surface area contributed by atoms with Crippen LogP contribution in [0.2, 0.25) is 0 Å². The van der Waals surface area contributed by atoms with Gasteiger partial charge in [0.25, 0.3) is 0 Å². The van der Waals surface area contributed by atoms with Crippen LogP contribution >= 0.6 is 0 Å². The average Bonchev–Trinajstić information content (AvgIpc) is 2.70. The fourth-order valence-electron chi connectivity index (χ4n) is 1.69. The Kier molecular flexibility index (Phi) is 4.69. The molecule has 96 valence electrons. The van der Waals surface area contributed by atoms with Gasteiger partial charge in [0.1, 0.15) is 5.54 Å². The van der Waals surface area contributed by atoms with Gasteiger partial charge in [-0.25, -0.2) is 4.79 Å². The lowest BCUT2D eigenvalue weighted by Gasteiger charge is -2.27. The summed E-state index contributed by atoms with van der Waals surface area (Å²) in [6.07, 6.45) is 2.83. The van der Waals surface area contributed by atoms with E-state index in [0.717, 1.165) is 18.7 Å². The number of carbonyl (C=O) groups is 1. The lowest BCUT2D eigenvalue weighted by Crippen LogP contribution is -2.53. The summed E-state index contributed by atoms with van der Waals surface area (Å²) in [5, 5.41) is 7.51. The van der Waals surface area contributed by atoms with Crippen molar-refractivity contribution >= 4 is 5.97 Å². The molecule has 0 aliphatic heterocycles. The van der Waals surface area contributed by atoms with Crippen LogP contribution in [-0.2, 0) is 16.1 Å². The maximum atomic E-state index is 11.8. The largest absolute Gasteiger partial charge is 0.468 e. The van der Waals surface area contributed by atoms with E-state index >= 15 is 0 Å². The van der Waals surface area contributed by atoms with Gasteiger partial charge in [-0.2, -0.15) is 5.10 Å². The summed E-state index contributed by atoms with van der Waals surface area (Å²) in [5.41, 5.74) is 0.205. The second kappa shape index (κ2) is 5.82. The van der Waals surface area contributed by atoms with Crippen LogP contribution in [0.1, 0.15) is 26.0 Å². The van der Waals surface area contributed by atoms with Crippen LogP contribution in [0.4, 0.5) is 0 Å². The lowest BCUT2D eigenvalue weighted by atomic mass is 10.0. The molecule has 17 heavy (non-hydrogen) atoms. The first kappa shape index (κ1) is 13.7. The van der Waals surface area contributed by atoms with Crippen molar-refractivity contribution in [3.63, 3.8) is 0 Å². The third-order valence-electron chi connectivity index (χ3n) is 2.65. The van der Waals surface area contributed by atoms with Gasteiger partial charge in [0.05, 0.1) is 19.3 Å². The predicted molar refractivity (Wildman–Crippen MR) is 65.7 cm³/mol. The fourth-order valence-corrected chi connectivity index (χ4v) is 1.69.